The zero-order valence-corrected chi connectivity index (χ0v) is 16.1. The topological polar surface area (TPSA) is 59.0 Å². The van der Waals surface area contributed by atoms with Crippen molar-refractivity contribution in [3.63, 3.8) is 0 Å². The van der Waals surface area contributed by atoms with E-state index in [1.165, 1.54) is 11.3 Å². The second-order valence-corrected chi connectivity index (χ2v) is 7.08. The van der Waals surface area contributed by atoms with Crippen molar-refractivity contribution >= 4 is 18.3 Å². The molecule has 26 heavy (non-hydrogen) atoms. The largest absolute Gasteiger partial charge is 0.347 e. The predicted molar refractivity (Wildman–Crippen MR) is 106 cm³/mol. The highest BCUT2D eigenvalue weighted by Crippen LogP contribution is 2.28. The Bertz CT molecular complexity index is 763. The number of halogens is 1. The molecule has 1 amide bonds. The highest BCUT2D eigenvalue weighted by atomic mass is 35.5. The molecule has 0 saturated carbocycles. The molecule has 140 valence electrons. The van der Waals surface area contributed by atoms with Crippen molar-refractivity contribution in [2.24, 2.45) is 0 Å². The highest BCUT2D eigenvalue weighted by molar-refractivity contribution is 5.94. The summed E-state index contributed by atoms with van der Waals surface area (Å²) < 4.78 is 1.98. The average molecular weight is 375 g/mol. The van der Waals surface area contributed by atoms with E-state index in [0.29, 0.717) is 5.69 Å². The lowest BCUT2D eigenvalue weighted by Crippen LogP contribution is -2.45. The maximum atomic E-state index is 12.8. The van der Waals surface area contributed by atoms with Crippen molar-refractivity contribution in [1.29, 1.82) is 0 Å². The summed E-state index contributed by atoms with van der Waals surface area (Å²) >= 11 is 0. The first-order chi connectivity index (χ1) is 12.3. The van der Waals surface area contributed by atoms with Crippen molar-refractivity contribution in [1.82, 2.24) is 20.4 Å². The maximum Gasteiger partial charge on any atom is 0.272 e. The minimum absolute atomic E-state index is 0. The zero-order valence-electron chi connectivity index (χ0n) is 15.3. The van der Waals surface area contributed by atoms with Gasteiger partial charge in [-0.05, 0) is 62.8 Å². The lowest BCUT2D eigenvalue weighted by Gasteiger charge is -2.23. The SMILES string of the molecule is CCc1ccc(-n2nc(C(=O)N[C@H]3CCCNC3)c3c2CCC3)cc1.Cl. The summed E-state index contributed by atoms with van der Waals surface area (Å²) in [7, 11) is 0. The van der Waals surface area contributed by atoms with Crippen LogP contribution in [0.5, 0.6) is 0 Å². The molecule has 1 aliphatic heterocycles. The number of piperidine rings is 1. The number of benzene rings is 1. The number of hydrogen-bond donors (Lipinski definition) is 2. The molecule has 2 aromatic rings. The highest BCUT2D eigenvalue weighted by Gasteiger charge is 2.28. The van der Waals surface area contributed by atoms with Gasteiger partial charge in [-0.15, -0.1) is 12.4 Å². The van der Waals surface area contributed by atoms with E-state index in [1.54, 1.807) is 0 Å². The van der Waals surface area contributed by atoms with E-state index < -0.39 is 0 Å². The summed E-state index contributed by atoms with van der Waals surface area (Å²) in [6.07, 6.45) is 6.23. The monoisotopic (exact) mass is 374 g/mol. The summed E-state index contributed by atoms with van der Waals surface area (Å²) in [4.78, 5) is 12.8. The number of aryl methyl sites for hydroxylation is 1. The summed E-state index contributed by atoms with van der Waals surface area (Å²) in [6.45, 7) is 4.06. The van der Waals surface area contributed by atoms with Gasteiger partial charge in [0.1, 0.15) is 0 Å². The molecule has 0 radical (unpaired) electrons. The van der Waals surface area contributed by atoms with Crippen molar-refractivity contribution in [2.45, 2.75) is 51.5 Å². The number of fused-ring (bicyclic) bond motifs is 1. The molecule has 1 fully saturated rings. The van der Waals surface area contributed by atoms with Crippen LogP contribution in [0.4, 0.5) is 0 Å². The molecule has 0 unspecified atom stereocenters. The molecule has 1 saturated heterocycles. The molecule has 2 aliphatic rings. The quantitative estimate of drug-likeness (QED) is 0.865. The smallest absolute Gasteiger partial charge is 0.272 e. The number of amides is 1. The van der Waals surface area contributed by atoms with E-state index in [4.69, 9.17) is 5.10 Å². The fourth-order valence-electron chi connectivity index (χ4n) is 3.93. The van der Waals surface area contributed by atoms with Gasteiger partial charge in [-0.2, -0.15) is 5.10 Å². The van der Waals surface area contributed by atoms with E-state index in [2.05, 4.69) is 41.8 Å². The number of carbonyl (C=O) groups is 1. The van der Waals surface area contributed by atoms with Gasteiger partial charge >= 0.3 is 0 Å². The predicted octanol–water partition coefficient (Wildman–Crippen LogP) is 2.83. The molecule has 2 heterocycles. The number of nitrogens with one attached hydrogen (secondary N) is 2. The Morgan fingerprint density at radius 2 is 2.08 bits per heavy atom. The summed E-state index contributed by atoms with van der Waals surface area (Å²) in [5.74, 6) is -0.0178. The van der Waals surface area contributed by atoms with Gasteiger partial charge in [-0.1, -0.05) is 19.1 Å². The van der Waals surface area contributed by atoms with Gasteiger partial charge in [0, 0.05) is 23.8 Å². The van der Waals surface area contributed by atoms with E-state index in [-0.39, 0.29) is 24.4 Å². The third kappa shape index (κ3) is 3.64. The van der Waals surface area contributed by atoms with Crippen LogP contribution in [-0.4, -0.2) is 34.8 Å². The Morgan fingerprint density at radius 3 is 2.77 bits per heavy atom. The van der Waals surface area contributed by atoms with E-state index in [9.17, 15) is 4.79 Å². The summed E-state index contributed by atoms with van der Waals surface area (Å²) in [5.41, 5.74) is 5.33. The number of rotatable bonds is 4. The van der Waals surface area contributed by atoms with Crippen LogP contribution in [0, 0.1) is 0 Å². The molecule has 1 aromatic heterocycles. The molecule has 2 N–H and O–H groups in total. The molecule has 1 atom stereocenters. The fourth-order valence-corrected chi connectivity index (χ4v) is 3.93. The standard InChI is InChI=1S/C20H26N4O.ClH/c1-2-14-8-10-16(11-9-14)24-18-7-3-6-17(18)19(23-24)20(25)22-15-5-4-12-21-13-15;/h8-11,15,21H,2-7,12-13H2,1H3,(H,22,25);1H/t15-;/m0./s1. The lowest BCUT2D eigenvalue weighted by molar-refractivity contribution is 0.0924. The minimum Gasteiger partial charge on any atom is -0.347 e. The van der Waals surface area contributed by atoms with Gasteiger partial charge in [-0.25, -0.2) is 4.68 Å². The van der Waals surface area contributed by atoms with Crippen LogP contribution in [0.2, 0.25) is 0 Å². The van der Waals surface area contributed by atoms with Crippen LogP contribution in [-0.2, 0) is 19.3 Å². The number of aromatic nitrogens is 2. The Morgan fingerprint density at radius 1 is 1.27 bits per heavy atom. The third-order valence-corrected chi connectivity index (χ3v) is 5.37. The van der Waals surface area contributed by atoms with Crippen LogP contribution in [0.1, 0.15) is 53.5 Å². The van der Waals surface area contributed by atoms with Crippen molar-refractivity contribution in [3.8, 4) is 5.69 Å². The first kappa shape index (κ1) is 18.9. The van der Waals surface area contributed by atoms with E-state index in [1.807, 2.05) is 4.68 Å². The molecule has 4 rings (SSSR count). The van der Waals surface area contributed by atoms with Crippen LogP contribution >= 0.6 is 12.4 Å². The summed E-state index contributed by atoms with van der Waals surface area (Å²) in [6, 6.07) is 8.72. The average Bonchev–Trinajstić information content (AvgIpc) is 3.25. The molecule has 0 bridgehead atoms. The summed E-state index contributed by atoms with van der Waals surface area (Å²) in [5, 5.41) is 11.2. The van der Waals surface area contributed by atoms with Crippen molar-refractivity contribution < 1.29 is 4.79 Å². The Kier molecular flexibility index (Phi) is 5.99. The molecular weight excluding hydrogens is 348 g/mol. The first-order valence-electron chi connectivity index (χ1n) is 9.48. The van der Waals surface area contributed by atoms with Gasteiger partial charge in [0.2, 0.25) is 0 Å². The number of hydrogen-bond acceptors (Lipinski definition) is 3. The van der Waals surface area contributed by atoms with Crippen LogP contribution in [0.15, 0.2) is 24.3 Å². The zero-order chi connectivity index (χ0) is 17.2. The molecule has 5 nitrogen and oxygen atoms in total. The first-order valence-corrected chi connectivity index (χ1v) is 9.48. The molecule has 1 aliphatic carbocycles. The van der Waals surface area contributed by atoms with Crippen molar-refractivity contribution in [3.05, 3.63) is 46.8 Å². The van der Waals surface area contributed by atoms with Gasteiger partial charge in [0.25, 0.3) is 5.91 Å². The molecular formula is C20H27ClN4O. The van der Waals surface area contributed by atoms with Crippen molar-refractivity contribution in [2.75, 3.05) is 13.1 Å². The lowest BCUT2D eigenvalue weighted by atomic mass is 10.1. The fraction of sp³-hybridized carbons (Fsp3) is 0.500. The normalized spacial score (nSPS) is 18.9. The Balaban J connectivity index is 0.00000196. The van der Waals surface area contributed by atoms with Crippen LogP contribution < -0.4 is 10.6 Å². The molecule has 0 spiro atoms. The third-order valence-electron chi connectivity index (χ3n) is 5.37. The van der Waals surface area contributed by atoms with Gasteiger partial charge in [0.15, 0.2) is 5.69 Å². The molecule has 6 heteroatoms. The van der Waals surface area contributed by atoms with Gasteiger partial charge in [-0.3, -0.25) is 4.79 Å². The maximum absolute atomic E-state index is 12.8. The molecule has 1 aromatic carbocycles. The second-order valence-electron chi connectivity index (χ2n) is 7.08. The number of nitrogens with zero attached hydrogens (tertiary/aromatic N) is 2. The van der Waals surface area contributed by atoms with Gasteiger partial charge < -0.3 is 10.6 Å². The van der Waals surface area contributed by atoms with Crippen LogP contribution in [0.25, 0.3) is 5.69 Å². The van der Waals surface area contributed by atoms with E-state index >= 15 is 0 Å². The Labute approximate surface area is 161 Å². The second kappa shape index (κ2) is 8.23. The van der Waals surface area contributed by atoms with Gasteiger partial charge in [0.05, 0.1) is 5.69 Å². The Hall–Kier alpha value is -1.85. The number of carbonyl (C=O) groups excluding carboxylic acids is 1. The van der Waals surface area contributed by atoms with Crippen LogP contribution in [0.3, 0.4) is 0 Å². The minimum atomic E-state index is -0.0178. The van der Waals surface area contributed by atoms with E-state index in [0.717, 1.165) is 62.9 Å².